The molecule has 3 nitrogen and oxygen atoms in total. The largest absolute Gasteiger partial charge is 0.378 e. The van der Waals surface area contributed by atoms with E-state index >= 15 is 0 Å². The quantitative estimate of drug-likeness (QED) is 0.897. The van der Waals surface area contributed by atoms with Gasteiger partial charge >= 0.3 is 0 Å². The van der Waals surface area contributed by atoms with E-state index in [1.807, 2.05) is 12.1 Å². The molecule has 92 valence electrons. The van der Waals surface area contributed by atoms with Gasteiger partial charge in [-0.05, 0) is 31.0 Å². The Bertz CT molecular complexity index is 437. The van der Waals surface area contributed by atoms with Crippen LogP contribution in [0.4, 0.5) is 5.69 Å². The minimum atomic E-state index is -0.173. The Balaban J connectivity index is 3.02. The second-order valence-electron chi connectivity index (χ2n) is 4.74. The van der Waals surface area contributed by atoms with Crippen molar-refractivity contribution in [1.29, 1.82) is 5.26 Å². The number of nitrogens with two attached hydrogens (primary N) is 1. The number of hydrogen-bond donors (Lipinski definition) is 2. The van der Waals surface area contributed by atoms with E-state index in [2.05, 4.69) is 48.1 Å². The molecule has 0 radical (unpaired) electrons. The third kappa shape index (κ3) is 3.45. The molecule has 0 heterocycles. The summed E-state index contributed by atoms with van der Waals surface area (Å²) >= 11 is 3.40. The molecule has 1 unspecified atom stereocenters. The number of hydrogen-bond acceptors (Lipinski definition) is 3. The van der Waals surface area contributed by atoms with Gasteiger partial charge < -0.3 is 11.1 Å². The van der Waals surface area contributed by atoms with Gasteiger partial charge in [0.2, 0.25) is 0 Å². The van der Waals surface area contributed by atoms with Crippen molar-refractivity contribution in [2.24, 2.45) is 11.7 Å². The molecule has 0 saturated carbocycles. The van der Waals surface area contributed by atoms with Crippen LogP contribution in [0.5, 0.6) is 0 Å². The minimum absolute atomic E-state index is 0.173. The molecule has 0 saturated heterocycles. The summed E-state index contributed by atoms with van der Waals surface area (Å²) in [7, 11) is 0. The Morgan fingerprint density at radius 3 is 2.59 bits per heavy atom. The maximum atomic E-state index is 8.93. The highest BCUT2D eigenvalue weighted by Gasteiger charge is 2.26. The number of benzene rings is 1. The smallest absolute Gasteiger partial charge is 0.0992 e. The van der Waals surface area contributed by atoms with Crippen molar-refractivity contribution in [2.75, 3.05) is 11.9 Å². The lowest BCUT2D eigenvalue weighted by molar-refractivity contribution is 0.382. The zero-order chi connectivity index (χ0) is 13.1. The molecule has 1 aromatic carbocycles. The highest BCUT2D eigenvalue weighted by Crippen LogP contribution is 2.25. The predicted octanol–water partition coefficient (Wildman–Crippen LogP) is 3.11. The van der Waals surface area contributed by atoms with Crippen molar-refractivity contribution in [3.8, 4) is 6.07 Å². The van der Waals surface area contributed by atoms with E-state index in [1.165, 1.54) is 0 Å². The highest BCUT2D eigenvalue weighted by molar-refractivity contribution is 9.10. The van der Waals surface area contributed by atoms with E-state index in [0.29, 0.717) is 18.0 Å². The van der Waals surface area contributed by atoms with Gasteiger partial charge in [0, 0.05) is 22.2 Å². The summed E-state index contributed by atoms with van der Waals surface area (Å²) in [5.74, 6) is 0.400. The van der Waals surface area contributed by atoms with Gasteiger partial charge in [-0.15, -0.1) is 0 Å². The first-order valence-corrected chi connectivity index (χ1v) is 6.39. The van der Waals surface area contributed by atoms with Crippen LogP contribution >= 0.6 is 15.9 Å². The molecule has 0 spiro atoms. The number of nitrogens with zero attached hydrogens (tertiary/aromatic N) is 1. The molecule has 0 fully saturated rings. The summed E-state index contributed by atoms with van der Waals surface area (Å²) in [5.41, 5.74) is 7.20. The summed E-state index contributed by atoms with van der Waals surface area (Å²) < 4.78 is 0.891. The maximum Gasteiger partial charge on any atom is 0.0992 e. The van der Waals surface area contributed by atoms with Crippen molar-refractivity contribution >= 4 is 21.6 Å². The summed E-state index contributed by atoms with van der Waals surface area (Å²) in [6, 6.07) is 7.72. The molecule has 1 rings (SSSR count). The lowest BCUT2D eigenvalue weighted by Crippen LogP contribution is -2.47. The number of anilines is 1. The summed E-state index contributed by atoms with van der Waals surface area (Å²) in [5, 5.41) is 12.3. The fraction of sp³-hybridized carbons (Fsp3) is 0.462. The van der Waals surface area contributed by atoms with Crippen LogP contribution in [0.2, 0.25) is 0 Å². The molecule has 0 aliphatic rings. The number of nitrogens with one attached hydrogen (secondary N) is 1. The molecular weight excluding hydrogens is 278 g/mol. The van der Waals surface area contributed by atoms with Crippen molar-refractivity contribution < 1.29 is 0 Å². The van der Waals surface area contributed by atoms with Crippen LogP contribution in [0.3, 0.4) is 0 Å². The Labute approximate surface area is 111 Å². The van der Waals surface area contributed by atoms with Crippen molar-refractivity contribution in [1.82, 2.24) is 0 Å². The fourth-order valence-corrected chi connectivity index (χ4v) is 1.98. The lowest BCUT2D eigenvalue weighted by Gasteiger charge is -2.34. The van der Waals surface area contributed by atoms with Crippen molar-refractivity contribution in [2.45, 2.75) is 26.3 Å². The number of halogens is 1. The molecule has 17 heavy (non-hydrogen) atoms. The van der Waals surface area contributed by atoms with Crippen LogP contribution in [0, 0.1) is 17.2 Å². The van der Waals surface area contributed by atoms with Gasteiger partial charge in [0.15, 0.2) is 0 Å². The first-order valence-electron chi connectivity index (χ1n) is 5.60. The average molecular weight is 296 g/mol. The summed E-state index contributed by atoms with van der Waals surface area (Å²) in [6.45, 7) is 6.88. The molecule has 4 heteroatoms. The Morgan fingerprint density at radius 1 is 1.47 bits per heavy atom. The van der Waals surface area contributed by atoms with Gasteiger partial charge in [-0.1, -0.05) is 29.8 Å². The van der Waals surface area contributed by atoms with Crippen LogP contribution < -0.4 is 11.1 Å². The molecule has 0 aromatic heterocycles. The van der Waals surface area contributed by atoms with Gasteiger partial charge in [-0.2, -0.15) is 5.26 Å². The molecule has 0 aliphatic carbocycles. The Morgan fingerprint density at radius 2 is 2.12 bits per heavy atom. The third-order valence-electron chi connectivity index (χ3n) is 3.16. The molecule has 1 aromatic rings. The van der Waals surface area contributed by atoms with E-state index in [-0.39, 0.29) is 5.54 Å². The van der Waals surface area contributed by atoms with Crippen LogP contribution in [0.25, 0.3) is 0 Å². The van der Waals surface area contributed by atoms with Crippen LogP contribution in [0.1, 0.15) is 26.3 Å². The van der Waals surface area contributed by atoms with Crippen LogP contribution in [0.15, 0.2) is 22.7 Å². The van der Waals surface area contributed by atoms with Gasteiger partial charge in [-0.25, -0.2) is 0 Å². The van der Waals surface area contributed by atoms with Gasteiger partial charge in [0.1, 0.15) is 0 Å². The zero-order valence-corrected chi connectivity index (χ0v) is 12.0. The highest BCUT2D eigenvalue weighted by atomic mass is 79.9. The zero-order valence-electron chi connectivity index (χ0n) is 10.4. The monoisotopic (exact) mass is 295 g/mol. The van der Waals surface area contributed by atoms with E-state index in [1.54, 1.807) is 6.07 Å². The predicted molar refractivity (Wildman–Crippen MR) is 74.8 cm³/mol. The summed E-state index contributed by atoms with van der Waals surface area (Å²) in [4.78, 5) is 0. The van der Waals surface area contributed by atoms with Gasteiger partial charge in [0.05, 0.1) is 11.6 Å². The van der Waals surface area contributed by atoms with E-state index < -0.39 is 0 Å². The molecule has 0 aliphatic heterocycles. The molecule has 1 atom stereocenters. The van der Waals surface area contributed by atoms with E-state index in [9.17, 15) is 0 Å². The Kier molecular flexibility index (Phi) is 4.55. The normalized spacial score (nSPS) is 14.2. The van der Waals surface area contributed by atoms with Crippen molar-refractivity contribution in [3.63, 3.8) is 0 Å². The topological polar surface area (TPSA) is 61.8 Å². The first kappa shape index (κ1) is 14.0. The second-order valence-corrected chi connectivity index (χ2v) is 5.66. The standard InChI is InChI=1S/C13H18BrN3/c1-9(2)13(3,8-16)17-12-5-10(7-15)4-11(14)6-12/h4-6,9,17H,8,16H2,1-3H3. The van der Waals surface area contributed by atoms with Crippen molar-refractivity contribution in [3.05, 3.63) is 28.2 Å². The number of nitriles is 1. The third-order valence-corrected chi connectivity index (χ3v) is 3.61. The molecule has 3 N–H and O–H groups in total. The van der Waals surface area contributed by atoms with Crippen LogP contribution in [-0.2, 0) is 0 Å². The minimum Gasteiger partial charge on any atom is -0.378 e. The van der Waals surface area contributed by atoms with Crippen LogP contribution in [-0.4, -0.2) is 12.1 Å². The average Bonchev–Trinajstić information content (AvgIpc) is 2.27. The molecule has 0 bridgehead atoms. The molecule has 0 amide bonds. The summed E-state index contributed by atoms with van der Waals surface area (Å²) in [6.07, 6.45) is 0. The SMILES string of the molecule is CC(C)C(C)(CN)Nc1cc(Br)cc(C#N)c1. The van der Waals surface area contributed by atoms with Gasteiger partial charge in [-0.3, -0.25) is 0 Å². The van der Waals surface area contributed by atoms with E-state index in [4.69, 9.17) is 11.0 Å². The number of rotatable bonds is 4. The first-order chi connectivity index (χ1) is 7.91. The van der Waals surface area contributed by atoms with E-state index in [0.717, 1.165) is 10.2 Å². The maximum absolute atomic E-state index is 8.93. The Hall–Kier alpha value is -1.05. The molecular formula is C13H18BrN3. The second kappa shape index (κ2) is 5.52. The lowest BCUT2D eigenvalue weighted by atomic mass is 9.88. The van der Waals surface area contributed by atoms with Gasteiger partial charge in [0.25, 0.3) is 0 Å². The fourth-order valence-electron chi connectivity index (χ4n) is 1.49.